The second-order valence-electron chi connectivity index (χ2n) is 3.55. The third kappa shape index (κ3) is 2.60. The number of benzene rings is 1. The summed E-state index contributed by atoms with van der Waals surface area (Å²) in [7, 11) is 0. The standard InChI is InChI=1S/C11H6ClF2N3O2/c12-5-2-6(13)4(1-7(5)14)10-16-8(11(18)19)3-9(15)17-10/h1-3H,(H,18,19)(H2,15,16,17). The fourth-order valence-corrected chi connectivity index (χ4v) is 1.54. The maximum absolute atomic E-state index is 13.7. The smallest absolute Gasteiger partial charge is 0.354 e. The first-order valence-electron chi connectivity index (χ1n) is 4.91. The van der Waals surface area contributed by atoms with Crippen molar-refractivity contribution in [2.75, 3.05) is 5.73 Å². The minimum absolute atomic E-state index is 0.169. The Kier molecular flexibility index (Phi) is 3.30. The summed E-state index contributed by atoms with van der Waals surface area (Å²) in [5.74, 6) is -3.61. The van der Waals surface area contributed by atoms with Crippen LogP contribution in [-0.4, -0.2) is 21.0 Å². The molecule has 3 N–H and O–H groups in total. The van der Waals surface area contributed by atoms with Gasteiger partial charge >= 0.3 is 5.97 Å². The number of anilines is 1. The summed E-state index contributed by atoms with van der Waals surface area (Å²) >= 11 is 5.41. The van der Waals surface area contributed by atoms with Crippen molar-refractivity contribution in [2.24, 2.45) is 0 Å². The van der Waals surface area contributed by atoms with E-state index in [9.17, 15) is 13.6 Å². The lowest BCUT2D eigenvalue weighted by Gasteiger charge is -2.05. The molecule has 0 aliphatic carbocycles. The van der Waals surface area contributed by atoms with Gasteiger partial charge in [-0.15, -0.1) is 0 Å². The topological polar surface area (TPSA) is 89.1 Å². The lowest BCUT2D eigenvalue weighted by Crippen LogP contribution is -2.06. The zero-order valence-corrected chi connectivity index (χ0v) is 9.95. The second kappa shape index (κ2) is 4.77. The minimum Gasteiger partial charge on any atom is -0.477 e. The van der Waals surface area contributed by atoms with Crippen LogP contribution in [0.3, 0.4) is 0 Å². The first-order chi connectivity index (χ1) is 8.88. The Labute approximate surface area is 110 Å². The van der Waals surface area contributed by atoms with E-state index in [1.807, 2.05) is 0 Å². The normalized spacial score (nSPS) is 10.5. The second-order valence-corrected chi connectivity index (χ2v) is 3.96. The van der Waals surface area contributed by atoms with Gasteiger partial charge in [-0.3, -0.25) is 0 Å². The van der Waals surface area contributed by atoms with Gasteiger partial charge in [0.2, 0.25) is 0 Å². The number of halogens is 3. The van der Waals surface area contributed by atoms with E-state index in [4.69, 9.17) is 22.4 Å². The quantitative estimate of drug-likeness (QED) is 0.827. The number of carboxylic acids is 1. The fourth-order valence-electron chi connectivity index (χ4n) is 1.39. The van der Waals surface area contributed by atoms with Crippen LogP contribution in [0.5, 0.6) is 0 Å². The van der Waals surface area contributed by atoms with Crippen molar-refractivity contribution in [1.82, 2.24) is 9.97 Å². The van der Waals surface area contributed by atoms with E-state index in [0.29, 0.717) is 0 Å². The Morgan fingerprint density at radius 3 is 2.53 bits per heavy atom. The third-order valence-electron chi connectivity index (χ3n) is 2.22. The average Bonchev–Trinajstić information content (AvgIpc) is 2.33. The molecular formula is C11H6ClF2N3O2. The van der Waals surface area contributed by atoms with E-state index in [0.717, 1.165) is 18.2 Å². The van der Waals surface area contributed by atoms with Gasteiger partial charge in [-0.05, 0) is 12.1 Å². The highest BCUT2D eigenvalue weighted by Crippen LogP contribution is 2.26. The van der Waals surface area contributed by atoms with E-state index >= 15 is 0 Å². The Balaban J connectivity index is 2.65. The summed E-state index contributed by atoms with van der Waals surface area (Å²) < 4.78 is 27.0. The van der Waals surface area contributed by atoms with Crippen LogP contribution in [0.15, 0.2) is 18.2 Å². The van der Waals surface area contributed by atoms with Gasteiger partial charge in [-0.25, -0.2) is 23.5 Å². The van der Waals surface area contributed by atoms with Crippen molar-refractivity contribution in [3.8, 4) is 11.4 Å². The zero-order chi connectivity index (χ0) is 14.2. The Hall–Kier alpha value is -2.28. The minimum atomic E-state index is -1.36. The van der Waals surface area contributed by atoms with Crippen LogP contribution in [0.25, 0.3) is 11.4 Å². The van der Waals surface area contributed by atoms with E-state index in [1.54, 1.807) is 0 Å². The van der Waals surface area contributed by atoms with Crippen LogP contribution in [0.4, 0.5) is 14.6 Å². The van der Waals surface area contributed by atoms with Crippen LogP contribution in [0.1, 0.15) is 10.5 Å². The Morgan fingerprint density at radius 1 is 1.21 bits per heavy atom. The van der Waals surface area contributed by atoms with Crippen LogP contribution in [0, 0.1) is 11.6 Å². The summed E-state index contributed by atoms with van der Waals surface area (Å²) in [5, 5.41) is 8.41. The lowest BCUT2D eigenvalue weighted by molar-refractivity contribution is 0.0690. The molecule has 0 aliphatic rings. The Morgan fingerprint density at radius 2 is 1.89 bits per heavy atom. The molecule has 0 atom stereocenters. The monoisotopic (exact) mass is 285 g/mol. The number of hydrogen-bond acceptors (Lipinski definition) is 4. The highest BCUT2D eigenvalue weighted by Gasteiger charge is 2.16. The summed E-state index contributed by atoms with van der Waals surface area (Å²) in [4.78, 5) is 18.1. The SMILES string of the molecule is Nc1cc(C(=O)O)nc(-c2cc(F)c(Cl)cc2F)n1. The van der Waals surface area contributed by atoms with Gasteiger partial charge in [0.25, 0.3) is 0 Å². The maximum atomic E-state index is 13.7. The van der Waals surface area contributed by atoms with Crippen molar-refractivity contribution in [3.63, 3.8) is 0 Å². The van der Waals surface area contributed by atoms with E-state index < -0.39 is 28.3 Å². The molecule has 0 spiro atoms. The summed E-state index contributed by atoms with van der Waals surface area (Å²) in [6.07, 6.45) is 0. The van der Waals surface area contributed by atoms with Crippen molar-refractivity contribution in [3.05, 3.63) is 40.6 Å². The molecule has 2 rings (SSSR count). The maximum Gasteiger partial charge on any atom is 0.354 e. The molecular weight excluding hydrogens is 280 g/mol. The molecule has 0 saturated carbocycles. The molecule has 8 heteroatoms. The molecule has 0 radical (unpaired) electrons. The van der Waals surface area contributed by atoms with Gasteiger partial charge in [-0.1, -0.05) is 11.6 Å². The van der Waals surface area contributed by atoms with Gasteiger partial charge in [0, 0.05) is 6.07 Å². The summed E-state index contributed by atoms with van der Waals surface area (Å²) in [6, 6.07) is 2.54. The predicted molar refractivity (Wildman–Crippen MR) is 63.8 cm³/mol. The number of aromatic nitrogens is 2. The molecule has 2 aromatic rings. The van der Waals surface area contributed by atoms with Gasteiger partial charge in [0.1, 0.15) is 17.5 Å². The fraction of sp³-hybridized carbons (Fsp3) is 0. The van der Waals surface area contributed by atoms with Crippen LogP contribution < -0.4 is 5.73 Å². The Bertz CT molecular complexity index is 679. The number of aromatic carboxylic acids is 1. The lowest BCUT2D eigenvalue weighted by atomic mass is 10.2. The largest absolute Gasteiger partial charge is 0.477 e. The molecule has 5 nitrogen and oxygen atoms in total. The van der Waals surface area contributed by atoms with Crippen molar-refractivity contribution < 1.29 is 18.7 Å². The molecule has 0 unspecified atom stereocenters. The number of nitrogen functional groups attached to an aromatic ring is 1. The van der Waals surface area contributed by atoms with Gasteiger partial charge in [-0.2, -0.15) is 0 Å². The van der Waals surface area contributed by atoms with Crippen LogP contribution in [-0.2, 0) is 0 Å². The molecule has 0 saturated heterocycles. The van der Waals surface area contributed by atoms with E-state index in [1.165, 1.54) is 0 Å². The molecule has 0 amide bonds. The molecule has 1 heterocycles. The average molecular weight is 286 g/mol. The molecule has 1 aromatic carbocycles. The number of rotatable bonds is 2. The number of nitrogens with two attached hydrogens (primary N) is 1. The molecule has 0 bridgehead atoms. The molecule has 98 valence electrons. The van der Waals surface area contributed by atoms with Gasteiger partial charge < -0.3 is 10.8 Å². The van der Waals surface area contributed by atoms with Crippen molar-refractivity contribution >= 4 is 23.4 Å². The third-order valence-corrected chi connectivity index (χ3v) is 2.51. The van der Waals surface area contributed by atoms with Crippen LogP contribution >= 0.6 is 11.6 Å². The highest BCUT2D eigenvalue weighted by atomic mass is 35.5. The summed E-state index contributed by atoms with van der Waals surface area (Å²) in [5.41, 5.74) is 4.65. The number of carboxylic acid groups (broad SMARTS) is 1. The van der Waals surface area contributed by atoms with E-state index in [2.05, 4.69) is 9.97 Å². The number of carbonyl (C=O) groups is 1. The number of hydrogen-bond donors (Lipinski definition) is 2. The van der Waals surface area contributed by atoms with Crippen molar-refractivity contribution in [2.45, 2.75) is 0 Å². The molecule has 0 fully saturated rings. The van der Waals surface area contributed by atoms with Crippen molar-refractivity contribution in [1.29, 1.82) is 0 Å². The molecule has 0 aliphatic heterocycles. The van der Waals surface area contributed by atoms with Crippen LogP contribution in [0.2, 0.25) is 5.02 Å². The number of nitrogens with zero attached hydrogens (tertiary/aromatic N) is 2. The predicted octanol–water partition coefficient (Wildman–Crippen LogP) is 2.36. The van der Waals surface area contributed by atoms with Gasteiger partial charge in [0.15, 0.2) is 11.5 Å². The molecule has 19 heavy (non-hydrogen) atoms. The molecule has 1 aromatic heterocycles. The zero-order valence-electron chi connectivity index (χ0n) is 9.19. The summed E-state index contributed by atoms with van der Waals surface area (Å²) in [6.45, 7) is 0. The first kappa shape index (κ1) is 13.2. The van der Waals surface area contributed by atoms with E-state index in [-0.39, 0.29) is 17.2 Å². The van der Waals surface area contributed by atoms with Gasteiger partial charge in [0.05, 0.1) is 10.6 Å². The highest BCUT2D eigenvalue weighted by molar-refractivity contribution is 6.30. The first-order valence-corrected chi connectivity index (χ1v) is 5.29.